The molecule has 0 aliphatic carbocycles. The van der Waals surface area contributed by atoms with Crippen LogP contribution in [0, 0.1) is 0 Å². The highest BCUT2D eigenvalue weighted by molar-refractivity contribution is 5.89. The predicted molar refractivity (Wildman–Crippen MR) is 92.2 cm³/mol. The molecule has 0 saturated carbocycles. The Balaban J connectivity index is 1.68. The molecule has 6 nitrogen and oxygen atoms in total. The molecular formula is C18H24N2O4. The van der Waals surface area contributed by atoms with Crippen molar-refractivity contribution in [1.82, 2.24) is 5.32 Å². The minimum Gasteiger partial charge on any atom is -0.494 e. The second-order valence-electron chi connectivity index (χ2n) is 5.43. The molecule has 2 rings (SSSR count). The number of carbonyl (C=O) groups is 1. The van der Waals surface area contributed by atoms with Gasteiger partial charge in [-0.2, -0.15) is 0 Å². The molecule has 2 amide bonds. The number of unbranched alkanes of at least 4 members (excludes halogenated alkanes) is 1. The Kier molecular flexibility index (Phi) is 7.17. The lowest BCUT2D eigenvalue weighted by Crippen LogP contribution is -2.30. The monoisotopic (exact) mass is 332 g/mol. The third-order valence-corrected chi connectivity index (χ3v) is 3.45. The summed E-state index contributed by atoms with van der Waals surface area (Å²) in [6.45, 7) is 3.15. The number of hydrogen-bond acceptors (Lipinski definition) is 4. The summed E-state index contributed by atoms with van der Waals surface area (Å²) in [5, 5.41) is 15.3. The first-order valence-corrected chi connectivity index (χ1v) is 8.18. The fraction of sp³-hybridized carbons (Fsp3) is 0.389. The van der Waals surface area contributed by atoms with Gasteiger partial charge in [0.1, 0.15) is 17.6 Å². The van der Waals surface area contributed by atoms with Gasteiger partial charge in [0.25, 0.3) is 0 Å². The van der Waals surface area contributed by atoms with Crippen LogP contribution in [-0.2, 0) is 0 Å². The van der Waals surface area contributed by atoms with Crippen LogP contribution in [0.3, 0.4) is 0 Å². The molecule has 0 spiro atoms. The summed E-state index contributed by atoms with van der Waals surface area (Å²) in [4.78, 5) is 11.8. The first-order chi connectivity index (χ1) is 11.7. The van der Waals surface area contributed by atoms with Crippen LogP contribution >= 0.6 is 0 Å². The van der Waals surface area contributed by atoms with Crippen molar-refractivity contribution >= 4 is 11.7 Å². The zero-order valence-electron chi connectivity index (χ0n) is 13.8. The molecule has 1 atom stereocenters. The lowest BCUT2D eigenvalue weighted by molar-refractivity contribution is 0.140. The van der Waals surface area contributed by atoms with Crippen LogP contribution in [0.1, 0.15) is 38.1 Å². The maximum Gasteiger partial charge on any atom is 0.319 e. The average molecular weight is 332 g/mol. The molecule has 1 aromatic heterocycles. The summed E-state index contributed by atoms with van der Waals surface area (Å²) in [6.07, 6.45) is 3.28. The maximum absolute atomic E-state index is 11.8. The van der Waals surface area contributed by atoms with E-state index in [0.717, 1.165) is 18.6 Å². The SMILES string of the molecule is CCCCOc1ccc(NC(=O)NCC[C@H](O)c2ccco2)cc1. The Labute approximate surface area is 141 Å². The number of ether oxygens (including phenoxy) is 1. The Morgan fingerprint density at radius 1 is 1.29 bits per heavy atom. The van der Waals surface area contributed by atoms with E-state index in [1.807, 2.05) is 12.1 Å². The number of aliphatic hydroxyl groups is 1. The molecule has 0 saturated heterocycles. The smallest absolute Gasteiger partial charge is 0.319 e. The van der Waals surface area contributed by atoms with Crippen molar-refractivity contribution in [1.29, 1.82) is 0 Å². The van der Waals surface area contributed by atoms with Crippen LogP contribution in [-0.4, -0.2) is 24.3 Å². The van der Waals surface area contributed by atoms with Gasteiger partial charge in [0.2, 0.25) is 0 Å². The zero-order chi connectivity index (χ0) is 17.2. The highest BCUT2D eigenvalue weighted by Crippen LogP contribution is 2.17. The van der Waals surface area contributed by atoms with Gasteiger partial charge < -0.3 is 24.9 Å². The van der Waals surface area contributed by atoms with Crippen molar-refractivity contribution in [2.75, 3.05) is 18.5 Å². The molecule has 6 heteroatoms. The van der Waals surface area contributed by atoms with Crippen molar-refractivity contribution < 1.29 is 19.1 Å². The maximum atomic E-state index is 11.8. The zero-order valence-corrected chi connectivity index (χ0v) is 13.8. The minimum atomic E-state index is -0.722. The van der Waals surface area contributed by atoms with Gasteiger partial charge in [0.15, 0.2) is 0 Å². The van der Waals surface area contributed by atoms with Crippen LogP contribution < -0.4 is 15.4 Å². The quantitative estimate of drug-likeness (QED) is 0.611. The van der Waals surface area contributed by atoms with Crippen molar-refractivity contribution in [3.63, 3.8) is 0 Å². The third-order valence-electron chi connectivity index (χ3n) is 3.45. The average Bonchev–Trinajstić information content (AvgIpc) is 3.11. The topological polar surface area (TPSA) is 83.7 Å². The normalized spacial score (nSPS) is 11.8. The Bertz CT molecular complexity index is 596. The van der Waals surface area contributed by atoms with E-state index in [1.54, 1.807) is 24.3 Å². The summed E-state index contributed by atoms with van der Waals surface area (Å²) in [7, 11) is 0. The number of furan rings is 1. The number of benzene rings is 1. The minimum absolute atomic E-state index is 0.318. The van der Waals surface area contributed by atoms with E-state index < -0.39 is 6.10 Å². The second-order valence-corrected chi connectivity index (χ2v) is 5.43. The summed E-state index contributed by atoms with van der Waals surface area (Å²) in [5.74, 6) is 1.28. The van der Waals surface area contributed by atoms with Crippen LogP contribution in [0.4, 0.5) is 10.5 Å². The molecule has 2 aromatic rings. The van der Waals surface area contributed by atoms with Crippen molar-refractivity contribution in [3.8, 4) is 5.75 Å². The van der Waals surface area contributed by atoms with Crippen molar-refractivity contribution in [2.24, 2.45) is 0 Å². The van der Waals surface area contributed by atoms with Gasteiger partial charge >= 0.3 is 6.03 Å². The fourth-order valence-electron chi connectivity index (χ4n) is 2.09. The van der Waals surface area contributed by atoms with Gasteiger partial charge in [0, 0.05) is 12.2 Å². The van der Waals surface area contributed by atoms with Crippen LogP contribution in [0.5, 0.6) is 5.75 Å². The lowest BCUT2D eigenvalue weighted by Gasteiger charge is -2.11. The fourth-order valence-corrected chi connectivity index (χ4v) is 2.09. The summed E-state index contributed by atoms with van der Waals surface area (Å²) in [5.41, 5.74) is 0.682. The number of nitrogens with one attached hydrogen (secondary N) is 2. The lowest BCUT2D eigenvalue weighted by atomic mass is 10.2. The van der Waals surface area contributed by atoms with Crippen molar-refractivity contribution in [3.05, 3.63) is 48.4 Å². The molecule has 0 radical (unpaired) electrons. The van der Waals surface area contributed by atoms with Crippen LogP contribution in [0.15, 0.2) is 47.1 Å². The van der Waals surface area contributed by atoms with Gasteiger partial charge in [-0.25, -0.2) is 4.79 Å². The first kappa shape index (κ1) is 17.9. The second kappa shape index (κ2) is 9.62. The summed E-state index contributed by atoms with van der Waals surface area (Å²) < 4.78 is 10.7. The molecule has 0 aliphatic rings. The predicted octanol–water partition coefficient (Wildman–Crippen LogP) is 3.70. The molecule has 0 unspecified atom stereocenters. The van der Waals surface area contributed by atoms with E-state index in [1.165, 1.54) is 6.26 Å². The number of urea groups is 1. The number of carbonyl (C=O) groups excluding carboxylic acids is 1. The summed E-state index contributed by atoms with van der Waals surface area (Å²) >= 11 is 0. The number of hydrogen-bond donors (Lipinski definition) is 3. The standard InChI is InChI=1S/C18H24N2O4/c1-2-3-12-23-15-8-6-14(7-9-15)20-18(22)19-11-10-16(21)17-5-4-13-24-17/h4-9,13,16,21H,2-3,10-12H2,1H3,(H2,19,20,22)/t16-/m0/s1. The molecule has 0 bridgehead atoms. The number of aliphatic hydroxyl groups excluding tert-OH is 1. The van der Waals surface area contributed by atoms with Gasteiger partial charge in [-0.15, -0.1) is 0 Å². The van der Waals surface area contributed by atoms with E-state index >= 15 is 0 Å². The first-order valence-electron chi connectivity index (χ1n) is 8.18. The number of amides is 2. The Morgan fingerprint density at radius 2 is 2.08 bits per heavy atom. The molecule has 130 valence electrons. The highest BCUT2D eigenvalue weighted by Gasteiger charge is 2.10. The van der Waals surface area contributed by atoms with E-state index in [2.05, 4.69) is 17.6 Å². The van der Waals surface area contributed by atoms with Gasteiger partial charge in [-0.1, -0.05) is 13.3 Å². The number of rotatable bonds is 9. The molecular weight excluding hydrogens is 308 g/mol. The van der Waals surface area contributed by atoms with E-state index in [0.29, 0.717) is 31.0 Å². The molecule has 0 fully saturated rings. The van der Waals surface area contributed by atoms with Crippen molar-refractivity contribution in [2.45, 2.75) is 32.3 Å². The molecule has 1 heterocycles. The molecule has 1 aromatic carbocycles. The highest BCUT2D eigenvalue weighted by atomic mass is 16.5. The van der Waals surface area contributed by atoms with Crippen LogP contribution in [0.2, 0.25) is 0 Å². The third kappa shape index (κ3) is 5.96. The largest absolute Gasteiger partial charge is 0.494 e. The van der Waals surface area contributed by atoms with E-state index in [-0.39, 0.29) is 6.03 Å². The van der Waals surface area contributed by atoms with E-state index in [4.69, 9.17) is 9.15 Å². The number of anilines is 1. The molecule has 0 aliphatic heterocycles. The van der Waals surface area contributed by atoms with E-state index in [9.17, 15) is 9.90 Å². The molecule has 3 N–H and O–H groups in total. The van der Waals surface area contributed by atoms with Gasteiger partial charge in [-0.05, 0) is 49.2 Å². The van der Waals surface area contributed by atoms with Gasteiger partial charge in [-0.3, -0.25) is 0 Å². The van der Waals surface area contributed by atoms with Gasteiger partial charge in [0.05, 0.1) is 12.9 Å². The Hall–Kier alpha value is -2.47. The van der Waals surface area contributed by atoms with Crippen LogP contribution in [0.25, 0.3) is 0 Å². The molecule has 24 heavy (non-hydrogen) atoms. The summed E-state index contributed by atoms with van der Waals surface area (Å²) in [6, 6.07) is 10.3. The Morgan fingerprint density at radius 3 is 2.75 bits per heavy atom.